The summed E-state index contributed by atoms with van der Waals surface area (Å²) in [4.78, 5) is 19.5. The highest BCUT2D eigenvalue weighted by atomic mass is 35.5. The van der Waals surface area contributed by atoms with Gasteiger partial charge in [0.25, 0.3) is 0 Å². The Morgan fingerprint density at radius 3 is 2.65 bits per heavy atom. The molecule has 2 aliphatic rings. The lowest BCUT2D eigenvalue weighted by Gasteiger charge is -2.31. The van der Waals surface area contributed by atoms with E-state index >= 15 is 0 Å². The zero-order valence-electron chi connectivity index (χ0n) is 20.9. The van der Waals surface area contributed by atoms with Gasteiger partial charge in [-0.2, -0.15) is 0 Å². The van der Waals surface area contributed by atoms with Gasteiger partial charge in [0.2, 0.25) is 5.91 Å². The fourth-order valence-electron chi connectivity index (χ4n) is 5.96. The fourth-order valence-corrected chi connectivity index (χ4v) is 7.41. The lowest BCUT2D eigenvalue weighted by atomic mass is 9.88. The Kier molecular flexibility index (Phi) is 7.75. The van der Waals surface area contributed by atoms with Gasteiger partial charge in [-0.1, -0.05) is 13.0 Å². The molecule has 0 saturated carbocycles. The van der Waals surface area contributed by atoms with Crippen LogP contribution in [-0.4, -0.2) is 41.9 Å². The molecule has 1 amide bonds. The molecule has 3 aromatic rings. The second kappa shape index (κ2) is 10.4. The first-order chi connectivity index (χ1) is 15.9. The van der Waals surface area contributed by atoms with Crippen LogP contribution in [0.4, 0.5) is 0 Å². The van der Waals surface area contributed by atoms with E-state index in [1.165, 1.54) is 39.8 Å². The van der Waals surface area contributed by atoms with Gasteiger partial charge in [0.05, 0.1) is 12.8 Å². The molecule has 0 atom stereocenters. The van der Waals surface area contributed by atoms with Gasteiger partial charge in [0.15, 0.2) is 0 Å². The van der Waals surface area contributed by atoms with Gasteiger partial charge in [0, 0.05) is 40.7 Å². The molecule has 4 heterocycles. The average Bonchev–Trinajstić information content (AvgIpc) is 3.38. The largest absolute Gasteiger partial charge is 0.464 e. The number of carbonyl (C=O) groups is 1. The number of piperidine rings is 1. The van der Waals surface area contributed by atoms with Crippen LogP contribution in [-0.2, 0) is 30.6 Å². The van der Waals surface area contributed by atoms with Gasteiger partial charge >= 0.3 is 0 Å². The van der Waals surface area contributed by atoms with Crippen LogP contribution < -0.4 is 0 Å². The van der Waals surface area contributed by atoms with Crippen LogP contribution in [0.3, 0.4) is 0 Å². The highest BCUT2D eigenvalue weighted by Gasteiger charge is 2.27. The van der Waals surface area contributed by atoms with Crippen molar-refractivity contribution in [3.8, 4) is 0 Å². The predicted molar refractivity (Wildman–Crippen MR) is 144 cm³/mol. The second-order valence-electron chi connectivity index (χ2n) is 9.97. The number of aryl methyl sites for hydroxylation is 2. The van der Waals surface area contributed by atoms with E-state index in [1.54, 1.807) is 22.9 Å². The monoisotopic (exact) mass is 500 g/mol. The number of nitrogens with zero attached hydrogens (tertiary/aromatic N) is 2. The van der Waals surface area contributed by atoms with Crippen molar-refractivity contribution in [1.29, 1.82) is 0 Å². The van der Waals surface area contributed by atoms with Crippen LogP contribution in [0, 0.1) is 13.8 Å². The van der Waals surface area contributed by atoms with Crippen LogP contribution in [0.2, 0.25) is 0 Å². The minimum absolute atomic E-state index is 0. The maximum atomic E-state index is 11.8. The maximum Gasteiger partial charge on any atom is 0.219 e. The lowest BCUT2D eigenvalue weighted by Crippen LogP contribution is -2.34. The summed E-state index contributed by atoms with van der Waals surface area (Å²) in [6, 6.07) is 4.51. The van der Waals surface area contributed by atoms with Crippen molar-refractivity contribution < 1.29 is 9.21 Å². The van der Waals surface area contributed by atoms with E-state index in [-0.39, 0.29) is 18.3 Å². The highest BCUT2D eigenvalue weighted by molar-refractivity contribution is 7.12. The lowest BCUT2D eigenvalue weighted by molar-refractivity contribution is -0.129. The number of hydrogen-bond acceptors (Lipinski definition) is 4. The summed E-state index contributed by atoms with van der Waals surface area (Å²) in [7, 11) is 0. The Bertz CT molecular complexity index is 1170. The Hall–Kier alpha value is -1.82. The molecule has 1 fully saturated rings. The molecule has 0 unspecified atom stereocenters. The van der Waals surface area contributed by atoms with E-state index in [0.717, 1.165) is 57.6 Å². The van der Waals surface area contributed by atoms with E-state index in [4.69, 9.17) is 4.42 Å². The molecule has 0 bridgehead atoms. The fraction of sp³-hybridized carbons (Fsp3) is 0.536. The van der Waals surface area contributed by atoms with Crippen LogP contribution >= 0.6 is 23.7 Å². The SMILES string of the molecule is CCc1c(CCN2CCC(c3coc4c(C)cc(C)cc34)CC2)sc2c1CCN(C(C)=O)C2.Cl. The quantitative estimate of drug-likeness (QED) is 0.405. The van der Waals surface area contributed by atoms with E-state index in [0.29, 0.717) is 5.92 Å². The molecule has 1 aromatic carbocycles. The van der Waals surface area contributed by atoms with Crippen molar-refractivity contribution in [3.63, 3.8) is 0 Å². The number of rotatable bonds is 5. The van der Waals surface area contributed by atoms with Gasteiger partial charge < -0.3 is 14.2 Å². The molecule has 1 saturated heterocycles. The first-order valence-electron chi connectivity index (χ1n) is 12.5. The summed E-state index contributed by atoms with van der Waals surface area (Å²) < 4.78 is 5.97. The molecule has 2 aromatic heterocycles. The van der Waals surface area contributed by atoms with E-state index in [9.17, 15) is 4.79 Å². The predicted octanol–water partition coefficient (Wildman–Crippen LogP) is 6.42. The Morgan fingerprint density at radius 1 is 1.18 bits per heavy atom. The summed E-state index contributed by atoms with van der Waals surface area (Å²) in [5.41, 5.74) is 8.15. The smallest absolute Gasteiger partial charge is 0.219 e. The maximum absolute atomic E-state index is 11.8. The van der Waals surface area contributed by atoms with Crippen molar-refractivity contribution in [1.82, 2.24) is 9.80 Å². The first-order valence-corrected chi connectivity index (χ1v) is 13.3. The minimum Gasteiger partial charge on any atom is -0.464 e. The first kappa shape index (κ1) is 25.3. The number of furan rings is 1. The van der Waals surface area contributed by atoms with Crippen LogP contribution in [0.25, 0.3) is 11.0 Å². The van der Waals surface area contributed by atoms with Gasteiger partial charge in [0.1, 0.15) is 5.58 Å². The molecule has 6 heteroatoms. The summed E-state index contributed by atoms with van der Waals surface area (Å²) in [5.74, 6) is 0.800. The third-order valence-electron chi connectivity index (χ3n) is 7.77. The average molecular weight is 501 g/mol. The van der Waals surface area contributed by atoms with Crippen molar-refractivity contribution in [2.75, 3.05) is 26.2 Å². The molecule has 0 spiro atoms. The molecule has 0 radical (unpaired) electrons. The third-order valence-corrected chi connectivity index (χ3v) is 9.08. The summed E-state index contributed by atoms with van der Waals surface area (Å²) >= 11 is 1.97. The number of benzene rings is 1. The zero-order valence-corrected chi connectivity index (χ0v) is 22.5. The molecule has 0 N–H and O–H groups in total. The highest BCUT2D eigenvalue weighted by Crippen LogP contribution is 2.37. The van der Waals surface area contributed by atoms with Crippen molar-refractivity contribution in [2.45, 2.75) is 72.3 Å². The third kappa shape index (κ3) is 4.80. The summed E-state index contributed by atoms with van der Waals surface area (Å²) in [6.07, 6.45) is 7.70. The van der Waals surface area contributed by atoms with Crippen LogP contribution in [0.15, 0.2) is 22.8 Å². The van der Waals surface area contributed by atoms with Crippen LogP contribution in [0.5, 0.6) is 0 Å². The molecular weight excluding hydrogens is 464 g/mol. The number of halogens is 1. The van der Waals surface area contributed by atoms with E-state index < -0.39 is 0 Å². The Balaban J connectivity index is 0.00000274. The number of likely N-dealkylation sites (tertiary alicyclic amines) is 1. The number of fused-ring (bicyclic) bond motifs is 2. The zero-order chi connectivity index (χ0) is 23.1. The Morgan fingerprint density at radius 2 is 1.94 bits per heavy atom. The summed E-state index contributed by atoms with van der Waals surface area (Å²) in [6.45, 7) is 13.4. The molecule has 34 heavy (non-hydrogen) atoms. The number of amides is 1. The molecule has 2 aliphatic heterocycles. The molecule has 4 nitrogen and oxygen atoms in total. The van der Waals surface area contributed by atoms with Gasteiger partial charge in [-0.3, -0.25) is 4.79 Å². The molecular formula is C28H37ClN2O2S. The normalized spacial score (nSPS) is 17.1. The summed E-state index contributed by atoms with van der Waals surface area (Å²) in [5, 5.41) is 1.32. The van der Waals surface area contributed by atoms with Crippen molar-refractivity contribution in [2.24, 2.45) is 0 Å². The molecule has 5 rings (SSSR count). The Labute approximate surface area is 213 Å². The van der Waals surface area contributed by atoms with E-state index in [2.05, 4.69) is 37.8 Å². The van der Waals surface area contributed by atoms with Crippen molar-refractivity contribution >= 4 is 40.6 Å². The second-order valence-corrected chi connectivity index (χ2v) is 11.2. The number of thiophene rings is 1. The molecule has 184 valence electrons. The van der Waals surface area contributed by atoms with Gasteiger partial charge in [-0.15, -0.1) is 23.7 Å². The number of hydrogen-bond donors (Lipinski definition) is 0. The van der Waals surface area contributed by atoms with Crippen LogP contribution in [0.1, 0.15) is 70.2 Å². The molecule has 0 aliphatic carbocycles. The van der Waals surface area contributed by atoms with Gasteiger partial charge in [-0.05, 0) is 93.3 Å². The van der Waals surface area contributed by atoms with Crippen molar-refractivity contribution in [3.05, 3.63) is 56.0 Å². The standard InChI is InChI=1S/C28H36N2O2S.ClH/c1-5-22-23-8-13-30(20(4)31)16-27(23)33-26(22)9-12-29-10-6-21(7-11-29)25-17-32-28-19(3)14-18(2)15-24(25)28;/h14-15,17,21H,5-13,16H2,1-4H3;1H. The van der Waals surface area contributed by atoms with Gasteiger partial charge in [-0.25, -0.2) is 0 Å². The van der Waals surface area contributed by atoms with E-state index in [1.807, 2.05) is 22.5 Å². The minimum atomic E-state index is 0. The topological polar surface area (TPSA) is 36.7 Å². The number of carbonyl (C=O) groups excluding carboxylic acids is 1.